The van der Waals surface area contributed by atoms with Crippen LogP contribution in [-0.2, 0) is 14.3 Å². The number of rotatable bonds is 8. The number of carbonyl (C=O) groups excluding carboxylic acids is 3. The fourth-order valence-electron chi connectivity index (χ4n) is 3.48. The number of imide groups is 1. The van der Waals surface area contributed by atoms with Gasteiger partial charge in [0.15, 0.2) is 41.8 Å². The molecule has 0 radical (unpaired) electrons. The van der Waals surface area contributed by atoms with Crippen LogP contribution in [0.5, 0.6) is 0 Å². The quantitative estimate of drug-likeness (QED) is 0.106. The van der Waals surface area contributed by atoms with Gasteiger partial charge in [0.2, 0.25) is 0 Å². The molecule has 0 N–H and O–H groups in total. The number of halogens is 19. The Morgan fingerprint density at radius 3 is 1.36 bits per heavy atom. The van der Waals surface area contributed by atoms with E-state index in [1.807, 2.05) is 0 Å². The maximum atomic E-state index is 14.4. The van der Waals surface area contributed by atoms with E-state index in [0.29, 0.717) is 0 Å². The smallest absolute Gasteiger partial charge is 0.452 e. The fourth-order valence-corrected chi connectivity index (χ4v) is 3.48. The molecule has 6 nitrogen and oxygen atoms in total. The first-order chi connectivity index (χ1) is 19.4. The third-order valence-electron chi connectivity index (χ3n) is 5.21. The summed E-state index contributed by atoms with van der Waals surface area (Å²) in [7, 11) is 0. The molecule has 250 valence electrons. The second-order valence-electron chi connectivity index (χ2n) is 8.36. The first kappa shape index (κ1) is 36.7. The van der Waals surface area contributed by atoms with Gasteiger partial charge in [-0.05, 0) is 0 Å². The summed E-state index contributed by atoms with van der Waals surface area (Å²) in [6.45, 7) is -3.66. The van der Waals surface area contributed by atoms with Gasteiger partial charge < -0.3 is 4.74 Å². The zero-order chi connectivity index (χ0) is 34.8. The average Bonchev–Trinajstić information content (AvgIpc) is 3.03. The first-order valence-electron chi connectivity index (χ1n) is 10.3. The Hall–Kier alpha value is -3.54. The van der Waals surface area contributed by atoms with Gasteiger partial charge in [-0.25, -0.2) is 22.4 Å². The number of esters is 1. The minimum absolute atomic E-state index is 1.74. The van der Waals surface area contributed by atoms with Crippen LogP contribution in [0.3, 0.4) is 0 Å². The maximum absolute atomic E-state index is 14.4. The summed E-state index contributed by atoms with van der Waals surface area (Å²) >= 11 is 0. The molecule has 0 bridgehead atoms. The lowest BCUT2D eigenvalue weighted by atomic mass is 9.96. The van der Waals surface area contributed by atoms with Crippen LogP contribution in [0.15, 0.2) is 0 Å². The number of hydrogen-bond acceptors (Lipinski definition) is 5. The molecule has 25 heteroatoms. The summed E-state index contributed by atoms with van der Waals surface area (Å²) in [6, 6.07) is -4.85. The molecule has 1 aromatic rings. The molecule has 2 atom stereocenters. The van der Waals surface area contributed by atoms with Crippen LogP contribution in [0.25, 0.3) is 0 Å². The number of amides is 2. The molecule has 0 spiro atoms. The number of nitrogens with zero attached hydrogens (tertiary/aromatic N) is 1. The Morgan fingerprint density at radius 1 is 0.659 bits per heavy atom. The van der Waals surface area contributed by atoms with E-state index in [0.717, 1.165) is 0 Å². The topological polar surface area (TPSA) is 72.9 Å². The predicted octanol–water partition coefficient (Wildman–Crippen LogP) is 6.28. The van der Waals surface area contributed by atoms with Gasteiger partial charge in [0, 0.05) is 0 Å². The fraction of sp³-hybridized carbons (Fsp3) is 0.526. The molecule has 0 aliphatic carbocycles. The number of hydrogen-bond donors (Lipinski definition) is 0. The van der Waals surface area contributed by atoms with Crippen molar-refractivity contribution in [2.24, 2.45) is 5.92 Å². The van der Waals surface area contributed by atoms with Gasteiger partial charge in [0.05, 0.1) is 11.1 Å². The van der Waals surface area contributed by atoms with Crippen molar-refractivity contribution in [2.75, 3.05) is 6.61 Å². The third kappa shape index (κ3) is 7.06. The van der Waals surface area contributed by atoms with Crippen molar-refractivity contribution < 1.29 is 107 Å². The number of alkyl halides is 15. The van der Waals surface area contributed by atoms with Crippen LogP contribution in [0.4, 0.5) is 83.4 Å². The van der Waals surface area contributed by atoms with Gasteiger partial charge in [-0.1, -0.05) is 0 Å². The zero-order valence-electron chi connectivity index (χ0n) is 19.7. The van der Waals surface area contributed by atoms with Crippen molar-refractivity contribution in [1.82, 2.24) is 4.90 Å². The van der Waals surface area contributed by atoms with Crippen LogP contribution in [0.2, 0.25) is 0 Å². The summed E-state index contributed by atoms with van der Waals surface area (Å²) in [4.78, 5) is 35.4. The Labute approximate surface area is 227 Å². The second-order valence-corrected chi connectivity index (χ2v) is 8.36. The van der Waals surface area contributed by atoms with Crippen molar-refractivity contribution in [3.8, 4) is 0 Å². The summed E-state index contributed by atoms with van der Waals surface area (Å²) < 4.78 is 259. The molecular formula is C19H6F19NO5. The van der Waals surface area contributed by atoms with Gasteiger partial charge in [-0.2, -0.15) is 65.9 Å². The van der Waals surface area contributed by atoms with E-state index in [1.54, 1.807) is 0 Å². The number of fused-ring (bicyclic) bond motifs is 1. The van der Waals surface area contributed by atoms with E-state index in [-0.39, 0.29) is 0 Å². The number of ether oxygens (including phenoxy) is 2. The number of carbonyl (C=O) groups is 3. The SMILES string of the molecule is O=C(OCC(F)(OC(F)(F)CC(F)(F)F)C(F)(F)F)[C@H](C(C(F)(F)F)C(F)(F)F)N1C(=O)c2c(F)c(F)c(F)c(F)c2C1=O. The Bertz CT molecular complexity index is 1270. The summed E-state index contributed by atoms with van der Waals surface area (Å²) in [5.41, 5.74) is -4.89. The van der Waals surface area contributed by atoms with E-state index in [2.05, 4.69) is 9.47 Å². The maximum Gasteiger partial charge on any atom is 0.452 e. The molecule has 1 unspecified atom stereocenters. The molecule has 2 amide bonds. The largest absolute Gasteiger partial charge is 0.458 e. The number of benzene rings is 1. The lowest BCUT2D eigenvalue weighted by Crippen LogP contribution is -2.59. The van der Waals surface area contributed by atoms with Crippen LogP contribution in [0, 0.1) is 29.2 Å². The lowest BCUT2D eigenvalue weighted by molar-refractivity contribution is -0.428. The monoisotopic (exact) mass is 689 g/mol. The Kier molecular flexibility index (Phi) is 9.26. The highest BCUT2D eigenvalue weighted by molar-refractivity contribution is 6.23. The van der Waals surface area contributed by atoms with Crippen molar-refractivity contribution in [3.05, 3.63) is 34.4 Å². The molecule has 1 heterocycles. The van der Waals surface area contributed by atoms with Gasteiger partial charge in [-0.15, -0.1) is 0 Å². The predicted molar refractivity (Wildman–Crippen MR) is 93.7 cm³/mol. The van der Waals surface area contributed by atoms with Gasteiger partial charge >= 0.3 is 42.6 Å². The molecule has 1 aliphatic rings. The normalized spacial score (nSPS) is 17.2. The average molecular weight is 689 g/mol. The van der Waals surface area contributed by atoms with E-state index in [1.165, 1.54) is 0 Å². The molecule has 1 aliphatic heterocycles. The van der Waals surface area contributed by atoms with E-state index < -0.39 is 119 Å². The molecule has 0 saturated heterocycles. The van der Waals surface area contributed by atoms with Gasteiger partial charge in [0.25, 0.3) is 11.8 Å². The Morgan fingerprint density at radius 2 is 1.05 bits per heavy atom. The zero-order valence-corrected chi connectivity index (χ0v) is 19.7. The minimum Gasteiger partial charge on any atom is -0.458 e. The van der Waals surface area contributed by atoms with Crippen molar-refractivity contribution in [2.45, 2.75) is 49.1 Å². The minimum atomic E-state index is -7.03. The van der Waals surface area contributed by atoms with Crippen LogP contribution < -0.4 is 0 Å². The second kappa shape index (κ2) is 11.1. The molecule has 0 saturated carbocycles. The molecule has 2 rings (SSSR count). The third-order valence-corrected chi connectivity index (χ3v) is 5.21. The summed E-state index contributed by atoms with van der Waals surface area (Å²) in [5, 5.41) is 0. The molecule has 0 aromatic heterocycles. The molecular weight excluding hydrogens is 683 g/mol. The van der Waals surface area contributed by atoms with Crippen molar-refractivity contribution in [3.63, 3.8) is 0 Å². The molecule has 0 fully saturated rings. The molecule has 44 heavy (non-hydrogen) atoms. The van der Waals surface area contributed by atoms with Crippen molar-refractivity contribution in [1.29, 1.82) is 0 Å². The molecule has 1 aromatic carbocycles. The summed E-state index contributed by atoms with van der Waals surface area (Å²) in [5.74, 6) is -33.4. The van der Waals surface area contributed by atoms with Crippen LogP contribution in [-0.4, -0.2) is 72.0 Å². The van der Waals surface area contributed by atoms with Crippen molar-refractivity contribution >= 4 is 17.8 Å². The standard InChI is InChI=1S/C19H6F19NO5/c20-5-3-4(6(21)8(23)7(5)22)12(41)39(11(3)40)9(10(17(30,31)32)18(33,34)35)13(42)43-2-14(24,19(36,37)38)44-16(28,29)1-15(25,26)27/h9-10H,1-2H2/t9-,14?/m0/s1. The van der Waals surface area contributed by atoms with E-state index >= 15 is 0 Å². The highest BCUT2D eigenvalue weighted by Gasteiger charge is 2.68. The summed E-state index contributed by atoms with van der Waals surface area (Å²) in [6.07, 6.45) is -37.0. The van der Waals surface area contributed by atoms with Gasteiger partial charge in [-0.3, -0.25) is 19.2 Å². The Balaban J connectivity index is 2.69. The first-order valence-corrected chi connectivity index (χ1v) is 10.3. The highest BCUT2D eigenvalue weighted by Crippen LogP contribution is 2.47. The highest BCUT2D eigenvalue weighted by atomic mass is 19.4. The van der Waals surface area contributed by atoms with E-state index in [4.69, 9.17) is 0 Å². The van der Waals surface area contributed by atoms with Gasteiger partial charge in [0.1, 0.15) is 6.42 Å². The van der Waals surface area contributed by atoms with Crippen LogP contribution >= 0.6 is 0 Å². The lowest BCUT2D eigenvalue weighted by Gasteiger charge is -2.35. The van der Waals surface area contributed by atoms with Crippen LogP contribution in [0.1, 0.15) is 27.1 Å². The van der Waals surface area contributed by atoms with E-state index in [9.17, 15) is 97.8 Å².